The first-order valence-corrected chi connectivity index (χ1v) is 39.5. The molecule has 2 saturated carbocycles. The van der Waals surface area contributed by atoms with Crippen molar-refractivity contribution < 1.29 is 0 Å². The molecule has 15 rings (SSSR count). The highest BCUT2D eigenvalue weighted by Crippen LogP contribution is 2.46. The summed E-state index contributed by atoms with van der Waals surface area (Å²) in [5.74, 6) is 6.28. The van der Waals surface area contributed by atoms with Crippen molar-refractivity contribution in [3.63, 3.8) is 0 Å². The molecule has 2 fully saturated rings. The smallest absolute Gasteiger partial charge is 0.0281 e. The molecule has 0 radical (unpaired) electrons. The van der Waals surface area contributed by atoms with Crippen LogP contribution < -0.4 is 0 Å². The molecule has 0 spiro atoms. The van der Waals surface area contributed by atoms with Crippen LogP contribution in [-0.4, -0.2) is 0 Å². The SMILES string of the molecule is CC(CCCCCc1ccc(CC2=CC=C(C3=CCCC=C3)C3C=CC=C23)cc1)c1ccccc1.CCC1=CC(C2=CC=C(Cc3ccc(C4CCC(C(C)C)CC4)cc3)C3=CC=CC23)=CC1.CCCCC1CCC(c2ccc(CC3=CC=C(C4=CCCC=C4)C4C=CC=C34)cc2)CC1. The molecule has 0 aliphatic heterocycles. The Hall–Kier alpha value is -7.80. The lowest BCUT2D eigenvalue weighted by atomic mass is 9.74. The van der Waals surface area contributed by atoms with Gasteiger partial charge in [-0.25, -0.2) is 0 Å². The summed E-state index contributed by atoms with van der Waals surface area (Å²) in [7, 11) is 0. The first-order valence-electron chi connectivity index (χ1n) is 39.5. The van der Waals surface area contributed by atoms with Crippen LogP contribution >= 0.6 is 0 Å². The van der Waals surface area contributed by atoms with Gasteiger partial charge in [-0.2, -0.15) is 0 Å². The van der Waals surface area contributed by atoms with E-state index in [-0.39, 0.29) is 0 Å². The van der Waals surface area contributed by atoms with Crippen molar-refractivity contribution in [3.05, 3.63) is 354 Å². The second-order valence-electron chi connectivity index (χ2n) is 31.2. The molecule has 0 bridgehead atoms. The number of hydrogen-bond acceptors (Lipinski definition) is 0. The van der Waals surface area contributed by atoms with Crippen molar-refractivity contribution in [2.24, 2.45) is 35.5 Å². The second kappa shape index (κ2) is 34.5. The number of benzene rings is 4. The summed E-state index contributed by atoms with van der Waals surface area (Å²) in [6.45, 7) is 11.7. The van der Waals surface area contributed by atoms with E-state index in [0.717, 1.165) is 68.1 Å². The van der Waals surface area contributed by atoms with E-state index < -0.39 is 0 Å². The van der Waals surface area contributed by atoms with Gasteiger partial charge in [-0.05, 0) is 270 Å². The third-order valence-electron chi connectivity index (χ3n) is 24.2. The van der Waals surface area contributed by atoms with Gasteiger partial charge in [0.25, 0.3) is 0 Å². The number of allylic oxidation sites excluding steroid dienone is 36. The van der Waals surface area contributed by atoms with Crippen LogP contribution in [0.5, 0.6) is 0 Å². The first kappa shape index (κ1) is 69.7. The zero-order valence-electron chi connectivity index (χ0n) is 61.0. The molecule has 4 unspecified atom stereocenters. The maximum atomic E-state index is 2.42. The Morgan fingerprint density at radius 1 is 0.414 bits per heavy atom. The highest BCUT2D eigenvalue weighted by atomic mass is 14.4. The highest BCUT2D eigenvalue weighted by Gasteiger charge is 2.31. The predicted molar refractivity (Wildman–Crippen MR) is 426 cm³/mol. The van der Waals surface area contributed by atoms with Crippen molar-refractivity contribution in [2.75, 3.05) is 0 Å². The summed E-state index contributed by atoms with van der Waals surface area (Å²) in [5, 5.41) is 0. The fraction of sp³-hybridized carbons (Fsp3) is 0.394. The zero-order chi connectivity index (χ0) is 67.7. The Morgan fingerprint density at radius 3 is 1.34 bits per heavy atom. The molecule has 0 saturated heterocycles. The van der Waals surface area contributed by atoms with E-state index in [9.17, 15) is 0 Å². The Balaban J connectivity index is 0.000000134. The van der Waals surface area contributed by atoms with Crippen LogP contribution in [0.2, 0.25) is 0 Å². The van der Waals surface area contributed by atoms with Gasteiger partial charge in [-0.1, -0.05) is 315 Å². The number of unbranched alkanes of at least 4 members (excludes halogenated alkanes) is 3. The number of aryl methyl sites for hydroxylation is 1. The van der Waals surface area contributed by atoms with Crippen LogP contribution in [-0.2, 0) is 25.7 Å². The van der Waals surface area contributed by atoms with Gasteiger partial charge in [0.1, 0.15) is 0 Å². The summed E-state index contributed by atoms with van der Waals surface area (Å²) in [5.41, 5.74) is 29.5. The van der Waals surface area contributed by atoms with E-state index >= 15 is 0 Å². The molecule has 0 heteroatoms. The maximum Gasteiger partial charge on any atom is 0.0281 e. The van der Waals surface area contributed by atoms with Crippen LogP contribution in [0.3, 0.4) is 0 Å². The molecule has 11 aliphatic carbocycles. The Kier molecular flexibility index (Phi) is 24.3. The highest BCUT2D eigenvalue weighted by molar-refractivity contribution is 5.64. The minimum atomic E-state index is 0.424. The van der Waals surface area contributed by atoms with E-state index in [1.807, 2.05) is 0 Å². The molecular weight excluding hydrogens is 1190 g/mol. The first-order chi connectivity index (χ1) is 48.7. The van der Waals surface area contributed by atoms with Crippen LogP contribution in [0.4, 0.5) is 0 Å². The second-order valence-corrected chi connectivity index (χ2v) is 31.2. The Labute approximate surface area is 599 Å². The normalized spacial score (nSPS) is 24.3. The minimum Gasteiger partial charge on any atom is -0.0836 e. The molecule has 0 heterocycles. The number of fused-ring (bicyclic) bond motifs is 3. The fourth-order valence-corrected chi connectivity index (χ4v) is 17.9. The average molecular weight is 1300 g/mol. The van der Waals surface area contributed by atoms with E-state index in [0.29, 0.717) is 23.7 Å². The summed E-state index contributed by atoms with van der Waals surface area (Å²) in [6.07, 6.45) is 85.8. The maximum absolute atomic E-state index is 2.42. The largest absolute Gasteiger partial charge is 0.0836 e. The van der Waals surface area contributed by atoms with Crippen LogP contribution in [0.1, 0.15) is 226 Å². The van der Waals surface area contributed by atoms with E-state index in [1.165, 1.54) is 217 Å². The van der Waals surface area contributed by atoms with Gasteiger partial charge in [0, 0.05) is 17.8 Å². The summed E-state index contributed by atoms with van der Waals surface area (Å²) in [6, 6.07) is 39.6. The Morgan fingerprint density at radius 2 is 0.889 bits per heavy atom. The molecule has 99 heavy (non-hydrogen) atoms. The standard InChI is InChI=1S/C35H38.2C32H38/c1-27(30-14-7-3-8-15-30)12-5-2-6-13-28-20-22-29(23-21-28)26-32-24-25-34(31-16-9-4-10-17-31)35-19-11-18-33(32)35;1-4-23-8-13-28(20-23)31-19-18-29(30-6-5-7-32(30)31)21-24-9-11-26(12-10-24)27-16-14-25(15-17-27)22(2)3;1-2-3-8-24-13-17-26(18-14-24)27-19-15-25(16-20-27)23-29-21-22-31(28-9-5-4-6-10-28)32-12-7-11-30(29)32/h3,7-9,11,14-25,27,35H,2,4-6,10,12-13,26H2,1H3;5-7,9-13,18-20,22,25,27,32H,4,8,14-17,21H2,1-3H3;5,7,9-12,15-16,19-22,24,26,32H,2-4,6,8,13-14,17-18,23H2,1H3. The summed E-state index contributed by atoms with van der Waals surface area (Å²) < 4.78 is 0. The van der Waals surface area contributed by atoms with Gasteiger partial charge in [0.15, 0.2) is 0 Å². The lowest BCUT2D eigenvalue weighted by Gasteiger charge is -2.31. The third-order valence-corrected chi connectivity index (χ3v) is 24.2. The number of rotatable bonds is 23. The molecule has 4 aromatic rings. The molecule has 510 valence electrons. The third kappa shape index (κ3) is 17.9. The van der Waals surface area contributed by atoms with Gasteiger partial charge >= 0.3 is 0 Å². The van der Waals surface area contributed by atoms with E-state index in [1.54, 1.807) is 16.7 Å². The van der Waals surface area contributed by atoms with Crippen LogP contribution in [0.25, 0.3) is 0 Å². The monoisotopic (exact) mass is 1300 g/mol. The predicted octanol–water partition coefficient (Wildman–Crippen LogP) is 27.1. The van der Waals surface area contributed by atoms with Gasteiger partial charge in [0.05, 0.1) is 0 Å². The topological polar surface area (TPSA) is 0 Å². The average Bonchev–Trinajstić information content (AvgIpc) is 1.72. The van der Waals surface area contributed by atoms with Gasteiger partial charge in [-0.3, -0.25) is 0 Å². The van der Waals surface area contributed by atoms with Gasteiger partial charge < -0.3 is 0 Å². The molecule has 4 atom stereocenters. The molecule has 0 amide bonds. The molecule has 0 N–H and O–H groups in total. The molecule has 11 aliphatic rings. The molecular formula is C99H114. The summed E-state index contributed by atoms with van der Waals surface area (Å²) in [4.78, 5) is 0. The minimum absolute atomic E-state index is 0.424. The van der Waals surface area contributed by atoms with Crippen molar-refractivity contribution in [1.29, 1.82) is 0 Å². The zero-order valence-corrected chi connectivity index (χ0v) is 61.0. The van der Waals surface area contributed by atoms with Crippen molar-refractivity contribution in [3.8, 4) is 0 Å². The van der Waals surface area contributed by atoms with Crippen LogP contribution in [0, 0.1) is 35.5 Å². The lowest BCUT2D eigenvalue weighted by Crippen LogP contribution is -2.17. The lowest BCUT2D eigenvalue weighted by molar-refractivity contribution is 0.259. The van der Waals surface area contributed by atoms with E-state index in [4.69, 9.17) is 0 Å². The quantitative estimate of drug-likeness (QED) is 0.0650. The van der Waals surface area contributed by atoms with Crippen molar-refractivity contribution in [2.45, 2.75) is 213 Å². The summed E-state index contributed by atoms with van der Waals surface area (Å²) >= 11 is 0. The fourth-order valence-electron chi connectivity index (χ4n) is 17.9. The van der Waals surface area contributed by atoms with Gasteiger partial charge in [-0.15, -0.1) is 0 Å². The molecule has 4 aromatic carbocycles. The van der Waals surface area contributed by atoms with E-state index in [2.05, 4.69) is 277 Å². The van der Waals surface area contributed by atoms with Crippen LogP contribution in [0.15, 0.2) is 315 Å². The molecule has 0 aromatic heterocycles. The Bertz CT molecular complexity index is 4020. The number of hydrogen-bond donors (Lipinski definition) is 0. The van der Waals surface area contributed by atoms with Crippen molar-refractivity contribution in [1.82, 2.24) is 0 Å². The van der Waals surface area contributed by atoms with Crippen molar-refractivity contribution >= 4 is 0 Å². The van der Waals surface area contributed by atoms with Gasteiger partial charge in [0.2, 0.25) is 0 Å². The molecule has 0 nitrogen and oxygen atoms in total.